The summed E-state index contributed by atoms with van der Waals surface area (Å²) in [5, 5.41) is 6.78. The Bertz CT molecular complexity index is 788. The molecule has 2 aromatic carbocycles. The fourth-order valence-electron chi connectivity index (χ4n) is 2.24. The molecule has 3 rings (SSSR count). The van der Waals surface area contributed by atoms with E-state index in [4.69, 9.17) is 9.26 Å². The normalized spacial score (nSPS) is 10.4. The van der Waals surface area contributed by atoms with Gasteiger partial charge in [0.15, 0.2) is 6.61 Å². The number of aromatic nitrogens is 2. The van der Waals surface area contributed by atoms with E-state index >= 15 is 0 Å². The van der Waals surface area contributed by atoms with Crippen molar-refractivity contribution in [3.63, 3.8) is 0 Å². The van der Waals surface area contributed by atoms with E-state index in [0.29, 0.717) is 36.9 Å². The van der Waals surface area contributed by atoms with E-state index in [1.165, 1.54) is 0 Å². The van der Waals surface area contributed by atoms with Gasteiger partial charge >= 0.3 is 0 Å². The highest BCUT2D eigenvalue weighted by molar-refractivity contribution is 5.77. The van der Waals surface area contributed by atoms with Crippen LogP contribution in [0.1, 0.15) is 12.3 Å². The maximum atomic E-state index is 11.7. The number of amides is 1. The number of aryl methyl sites for hydroxylation is 1. The Hall–Kier alpha value is -3.15. The van der Waals surface area contributed by atoms with Crippen LogP contribution in [-0.2, 0) is 11.2 Å². The van der Waals surface area contributed by atoms with Gasteiger partial charge in [-0.1, -0.05) is 53.7 Å². The summed E-state index contributed by atoms with van der Waals surface area (Å²) in [7, 11) is 0. The summed E-state index contributed by atoms with van der Waals surface area (Å²) in [6.07, 6.45) is 1.33. The molecule has 25 heavy (non-hydrogen) atoms. The van der Waals surface area contributed by atoms with Crippen molar-refractivity contribution in [1.29, 1.82) is 0 Å². The zero-order chi connectivity index (χ0) is 17.3. The summed E-state index contributed by atoms with van der Waals surface area (Å²) in [5.74, 6) is 1.67. The van der Waals surface area contributed by atoms with Crippen LogP contribution in [0.2, 0.25) is 0 Å². The SMILES string of the molecule is O=C(COc1ccccc1)NCCCc1nc(-c2ccccc2)no1. The first-order valence-electron chi connectivity index (χ1n) is 8.14. The van der Waals surface area contributed by atoms with E-state index in [1.807, 2.05) is 60.7 Å². The quantitative estimate of drug-likeness (QED) is 0.640. The minimum absolute atomic E-state index is 0.00270. The number of rotatable bonds is 8. The molecule has 0 atom stereocenters. The van der Waals surface area contributed by atoms with Crippen LogP contribution in [0.3, 0.4) is 0 Å². The summed E-state index contributed by atoms with van der Waals surface area (Å²) in [6.45, 7) is 0.531. The van der Waals surface area contributed by atoms with Crippen LogP contribution in [0.4, 0.5) is 0 Å². The predicted molar refractivity (Wildman–Crippen MR) is 93.0 cm³/mol. The lowest BCUT2D eigenvalue weighted by Gasteiger charge is -2.06. The van der Waals surface area contributed by atoms with Gasteiger partial charge in [0.05, 0.1) is 0 Å². The average molecular weight is 337 g/mol. The first-order valence-corrected chi connectivity index (χ1v) is 8.14. The highest BCUT2D eigenvalue weighted by Crippen LogP contribution is 2.15. The first-order chi connectivity index (χ1) is 12.3. The van der Waals surface area contributed by atoms with Gasteiger partial charge in [0.1, 0.15) is 5.75 Å². The van der Waals surface area contributed by atoms with E-state index in [9.17, 15) is 4.79 Å². The van der Waals surface area contributed by atoms with E-state index < -0.39 is 0 Å². The van der Waals surface area contributed by atoms with Crippen LogP contribution < -0.4 is 10.1 Å². The number of carbonyl (C=O) groups is 1. The molecular formula is C19H19N3O3. The van der Waals surface area contributed by atoms with Gasteiger partial charge in [0.2, 0.25) is 11.7 Å². The molecule has 1 N–H and O–H groups in total. The molecule has 6 nitrogen and oxygen atoms in total. The molecule has 0 aliphatic rings. The van der Waals surface area contributed by atoms with Crippen molar-refractivity contribution in [1.82, 2.24) is 15.5 Å². The van der Waals surface area contributed by atoms with Gasteiger partial charge in [0.25, 0.3) is 5.91 Å². The largest absolute Gasteiger partial charge is 0.484 e. The van der Waals surface area contributed by atoms with Crippen LogP contribution in [0, 0.1) is 0 Å². The Morgan fingerprint density at radius 2 is 1.76 bits per heavy atom. The van der Waals surface area contributed by atoms with Crippen molar-refractivity contribution >= 4 is 5.91 Å². The van der Waals surface area contributed by atoms with E-state index in [1.54, 1.807) is 0 Å². The molecule has 1 heterocycles. The van der Waals surface area contributed by atoms with Crippen LogP contribution >= 0.6 is 0 Å². The average Bonchev–Trinajstić information content (AvgIpc) is 3.14. The zero-order valence-electron chi connectivity index (χ0n) is 13.7. The number of carbonyl (C=O) groups excluding carboxylic acids is 1. The molecule has 3 aromatic rings. The minimum atomic E-state index is -0.153. The molecular weight excluding hydrogens is 318 g/mol. The molecule has 6 heteroatoms. The van der Waals surface area contributed by atoms with Crippen LogP contribution in [0.25, 0.3) is 11.4 Å². The van der Waals surface area contributed by atoms with Crippen molar-refractivity contribution in [2.24, 2.45) is 0 Å². The number of hydrogen-bond acceptors (Lipinski definition) is 5. The number of hydrogen-bond donors (Lipinski definition) is 1. The van der Waals surface area contributed by atoms with Crippen LogP contribution in [0.15, 0.2) is 65.2 Å². The molecule has 0 unspecified atom stereocenters. The standard InChI is InChI=1S/C19H19N3O3/c23-17(14-24-16-10-5-2-6-11-16)20-13-7-12-18-21-19(22-25-18)15-8-3-1-4-9-15/h1-6,8-11H,7,12-14H2,(H,20,23). The van der Waals surface area contributed by atoms with Gasteiger partial charge in [0, 0.05) is 18.5 Å². The molecule has 0 saturated carbocycles. The second kappa shape index (κ2) is 8.63. The number of ether oxygens (including phenoxy) is 1. The summed E-state index contributed by atoms with van der Waals surface area (Å²) >= 11 is 0. The summed E-state index contributed by atoms with van der Waals surface area (Å²) in [6, 6.07) is 18.9. The maximum Gasteiger partial charge on any atom is 0.257 e. The monoisotopic (exact) mass is 337 g/mol. The lowest BCUT2D eigenvalue weighted by molar-refractivity contribution is -0.123. The second-order valence-electron chi connectivity index (χ2n) is 5.43. The lowest BCUT2D eigenvalue weighted by Crippen LogP contribution is -2.29. The molecule has 0 fully saturated rings. The van der Waals surface area contributed by atoms with Crippen molar-refractivity contribution in [3.05, 3.63) is 66.6 Å². The molecule has 0 spiro atoms. The fraction of sp³-hybridized carbons (Fsp3) is 0.211. The predicted octanol–water partition coefficient (Wildman–Crippen LogP) is 2.86. The summed E-state index contributed by atoms with van der Waals surface area (Å²) in [5.41, 5.74) is 0.920. The van der Waals surface area contributed by atoms with Gasteiger partial charge in [-0.05, 0) is 18.6 Å². The van der Waals surface area contributed by atoms with Gasteiger partial charge in [-0.3, -0.25) is 4.79 Å². The third kappa shape index (κ3) is 5.17. The minimum Gasteiger partial charge on any atom is -0.484 e. The maximum absolute atomic E-state index is 11.7. The van der Waals surface area contributed by atoms with Gasteiger partial charge < -0.3 is 14.6 Å². The molecule has 128 valence electrons. The lowest BCUT2D eigenvalue weighted by atomic mass is 10.2. The smallest absolute Gasteiger partial charge is 0.257 e. The number of nitrogens with zero attached hydrogens (tertiary/aromatic N) is 2. The number of para-hydroxylation sites is 1. The molecule has 0 aliphatic heterocycles. The van der Waals surface area contributed by atoms with E-state index in [2.05, 4.69) is 15.5 Å². The van der Waals surface area contributed by atoms with Gasteiger partial charge in [-0.2, -0.15) is 4.98 Å². The number of benzene rings is 2. The molecule has 0 bridgehead atoms. The molecule has 0 aliphatic carbocycles. The van der Waals surface area contributed by atoms with Crippen molar-refractivity contribution in [2.75, 3.05) is 13.2 Å². The Morgan fingerprint density at radius 3 is 2.52 bits per heavy atom. The van der Waals surface area contributed by atoms with E-state index in [0.717, 1.165) is 5.56 Å². The highest BCUT2D eigenvalue weighted by atomic mass is 16.5. The Balaban J connectivity index is 1.36. The van der Waals surface area contributed by atoms with Crippen molar-refractivity contribution < 1.29 is 14.1 Å². The van der Waals surface area contributed by atoms with Crippen LogP contribution in [0.5, 0.6) is 5.75 Å². The Labute approximate surface area is 145 Å². The van der Waals surface area contributed by atoms with Crippen LogP contribution in [-0.4, -0.2) is 29.2 Å². The Morgan fingerprint density at radius 1 is 1.04 bits per heavy atom. The van der Waals surface area contributed by atoms with E-state index in [-0.39, 0.29) is 12.5 Å². The zero-order valence-corrected chi connectivity index (χ0v) is 13.7. The molecule has 0 saturated heterocycles. The topological polar surface area (TPSA) is 77.2 Å². The summed E-state index contributed by atoms with van der Waals surface area (Å²) in [4.78, 5) is 16.1. The first kappa shape index (κ1) is 16.7. The van der Waals surface area contributed by atoms with Crippen molar-refractivity contribution in [2.45, 2.75) is 12.8 Å². The van der Waals surface area contributed by atoms with Gasteiger partial charge in [-0.25, -0.2) is 0 Å². The fourth-order valence-corrected chi connectivity index (χ4v) is 2.24. The highest BCUT2D eigenvalue weighted by Gasteiger charge is 2.08. The molecule has 1 aromatic heterocycles. The number of nitrogens with one attached hydrogen (secondary N) is 1. The van der Waals surface area contributed by atoms with Gasteiger partial charge in [-0.15, -0.1) is 0 Å². The molecule has 1 amide bonds. The third-order valence-corrected chi connectivity index (χ3v) is 3.50. The Kier molecular flexibility index (Phi) is 5.77. The molecule has 0 radical (unpaired) electrons. The summed E-state index contributed by atoms with van der Waals surface area (Å²) < 4.78 is 10.6. The third-order valence-electron chi connectivity index (χ3n) is 3.50. The second-order valence-corrected chi connectivity index (χ2v) is 5.43. The van der Waals surface area contributed by atoms with Crippen molar-refractivity contribution in [3.8, 4) is 17.1 Å².